The SMILES string of the molecule is O=S(=O)([O-])C(F)(F)C(F)CCCCCCCCC(F)(F)F. The van der Waals surface area contributed by atoms with Crippen LogP contribution >= 0.6 is 0 Å². The molecule has 0 N–H and O–H groups in total. The summed E-state index contributed by atoms with van der Waals surface area (Å²) in [6.45, 7) is 0. The lowest BCUT2D eigenvalue weighted by Gasteiger charge is -2.23. The summed E-state index contributed by atoms with van der Waals surface area (Å²) in [4.78, 5) is 0. The summed E-state index contributed by atoms with van der Waals surface area (Å²) < 4.78 is 104. The Balaban J connectivity index is 3.73. The van der Waals surface area contributed by atoms with Crippen molar-refractivity contribution in [2.75, 3.05) is 0 Å². The Morgan fingerprint density at radius 2 is 1.29 bits per heavy atom. The highest BCUT2D eigenvalue weighted by atomic mass is 32.2. The first-order valence-electron chi connectivity index (χ1n) is 6.42. The molecule has 0 aromatic carbocycles. The van der Waals surface area contributed by atoms with E-state index in [4.69, 9.17) is 0 Å². The monoisotopic (exact) mass is 343 g/mol. The van der Waals surface area contributed by atoms with Crippen LogP contribution in [0.5, 0.6) is 0 Å². The molecule has 0 rings (SSSR count). The fourth-order valence-electron chi connectivity index (χ4n) is 1.68. The van der Waals surface area contributed by atoms with Crippen molar-refractivity contribution in [1.29, 1.82) is 0 Å². The summed E-state index contributed by atoms with van der Waals surface area (Å²) in [6, 6.07) is 0. The molecule has 0 spiro atoms. The van der Waals surface area contributed by atoms with E-state index in [9.17, 15) is 39.3 Å². The molecule has 21 heavy (non-hydrogen) atoms. The summed E-state index contributed by atoms with van der Waals surface area (Å²) in [5, 5.41) is -4.94. The van der Waals surface area contributed by atoms with Gasteiger partial charge in [-0.05, 0) is 12.8 Å². The Labute approximate surface area is 119 Å². The fraction of sp³-hybridized carbons (Fsp3) is 1.00. The molecule has 0 aliphatic heterocycles. The van der Waals surface area contributed by atoms with Crippen molar-refractivity contribution in [3.63, 3.8) is 0 Å². The van der Waals surface area contributed by atoms with Gasteiger partial charge in [-0.1, -0.05) is 32.1 Å². The first-order chi connectivity index (χ1) is 9.38. The minimum absolute atomic E-state index is 0.0261. The predicted molar refractivity (Wildman–Crippen MR) is 62.5 cm³/mol. The molecule has 1 unspecified atom stereocenters. The predicted octanol–water partition coefficient (Wildman–Crippen LogP) is 4.15. The zero-order valence-corrected chi connectivity index (χ0v) is 12.0. The largest absolute Gasteiger partial charge is 0.743 e. The van der Waals surface area contributed by atoms with Crippen LogP contribution in [0, 0.1) is 0 Å². The quantitative estimate of drug-likeness (QED) is 0.340. The van der Waals surface area contributed by atoms with E-state index in [1.54, 1.807) is 0 Å². The third-order valence-electron chi connectivity index (χ3n) is 2.87. The van der Waals surface area contributed by atoms with Crippen LogP contribution in [0.15, 0.2) is 0 Å². The number of rotatable bonds is 10. The minimum Gasteiger partial charge on any atom is -0.743 e. The van der Waals surface area contributed by atoms with Gasteiger partial charge in [0, 0.05) is 6.42 Å². The van der Waals surface area contributed by atoms with E-state index in [0.29, 0.717) is 19.3 Å². The lowest BCUT2D eigenvalue weighted by molar-refractivity contribution is -0.135. The third-order valence-corrected chi connectivity index (χ3v) is 3.79. The zero-order chi connectivity index (χ0) is 16.7. The maximum atomic E-state index is 13.0. The van der Waals surface area contributed by atoms with Gasteiger partial charge in [-0.3, -0.25) is 0 Å². The zero-order valence-electron chi connectivity index (χ0n) is 11.1. The van der Waals surface area contributed by atoms with E-state index in [2.05, 4.69) is 0 Å². The highest BCUT2D eigenvalue weighted by Gasteiger charge is 2.46. The van der Waals surface area contributed by atoms with Crippen LogP contribution in [-0.2, 0) is 10.1 Å². The Morgan fingerprint density at radius 1 is 0.857 bits per heavy atom. The molecule has 0 amide bonds. The van der Waals surface area contributed by atoms with E-state index in [0.717, 1.165) is 0 Å². The molecule has 0 aliphatic carbocycles. The van der Waals surface area contributed by atoms with Crippen LogP contribution in [0.25, 0.3) is 0 Å². The molecular formula is C11H17F6O3S-. The lowest BCUT2D eigenvalue weighted by atomic mass is 10.1. The van der Waals surface area contributed by atoms with Gasteiger partial charge in [0.15, 0.2) is 16.3 Å². The molecule has 0 radical (unpaired) electrons. The highest BCUT2D eigenvalue weighted by Crippen LogP contribution is 2.30. The van der Waals surface area contributed by atoms with Crippen LogP contribution in [0.2, 0.25) is 0 Å². The summed E-state index contributed by atoms with van der Waals surface area (Å²) in [5.74, 6) is 0. The molecule has 1 atom stereocenters. The van der Waals surface area contributed by atoms with Crippen LogP contribution in [0.4, 0.5) is 26.3 Å². The average Bonchev–Trinajstić information content (AvgIpc) is 2.29. The second-order valence-electron chi connectivity index (χ2n) is 4.76. The van der Waals surface area contributed by atoms with Gasteiger partial charge >= 0.3 is 11.4 Å². The highest BCUT2D eigenvalue weighted by molar-refractivity contribution is 7.86. The molecule has 0 fully saturated rings. The van der Waals surface area contributed by atoms with Crippen LogP contribution in [0.1, 0.15) is 51.4 Å². The van der Waals surface area contributed by atoms with Crippen molar-refractivity contribution in [3.8, 4) is 0 Å². The van der Waals surface area contributed by atoms with Gasteiger partial charge in [0.2, 0.25) is 0 Å². The molecule has 0 aliphatic rings. The number of halogens is 6. The molecule has 0 aromatic rings. The summed E-state index contributed by atoms with van der Waals surface area (Å²) >= 11 is 0. The van der Waals surface area contributed by atoms with Gasteiger partial charge in [-0.15, -0.1) is 0 Å². The smallest absolute Gasteiger partial charge is 0.389 e. The Kier molecular flexibility index (Phi) is 8.01. The maximum Gasteiger partial charge on any atom is 0.389 e. The van der Waals surface area contributed by atoms with E-state index in [1.807, 2.05) is 0 Å². The van der Waals surface area contributed by atoms with Crippen molar-refractivity contribution in [3.05, 3.63) is 0 Å². The van der Waals surface area contributed by atoms with E-state index in [1.165, 1.54) is 0 Å². The van der Waals surface area contributed by atoms with Gasteiger partial charge in [0.25, 0.3) is 0 Å². The van der Waals surface area contributed by atoms with Crippen molar-refractivity contribution in [1.82, 2.24) is 0 Å². The van der Waals surface area contributed by atoms with Gasteiger partial charge < -0.3 is 4.55 Å². The van der Waals surface area contributed by atoms with Gasteiger partial charge in [0.1, 0.15) is 0 Å². The lowest BCUT2D eigenvalue weighted by Crippen LogP contribution is -2.38. The van der Waals surface area contributed by atoms with Gasteiger partial charge in [-0.25, -0.2) is 12.8 Å². The number of hydrogen-bond acceptors (Lipinski definition) is 3. The molecule has 0 saturated carbocycles. The number of hydrogen-bond donors (Lipinski definition) is 0. The standard InChI is InChI=1S/C11H18F6O3S/c12-9(11(16,17)21(18,19)20)7-5-3-1-2-4-6-8-10(13,14)15/h9H,1-8H2,(H,18,19,20)/p-1. The minimum atomic E-state index is -6.04. The first kappa shape index (κ1) is 20.5. The second kappa shape index (κ2) is 8.21. The van der Waals surface area contributed by atoms with Gasteiger partial charge in [0.05, 0.1) is 0 Å². The summed E-state index contributed by atoms with van der Waals surface area (Å²) in [7, 11) is -6.04. The van der Waals surface area contributed by atoms with Crippen molar-refractivity contribution in [2.24, 2.45) is 0 Å². The first-order valence-corrected chi connectivity index (χ1v) is 7.83. The Hall–Kier alpha value is -0.510. The van der Waals surface area contributed by atoms with Crippen molar-refractivity contribution < 1.29 is 39.3 Å². The molecule has 0 aromatic heterocycles. The molecule has 0 saturated heterocycles. The number of unbranched alkanes of at least 4 members (excludes halogenated alkanes) is 5. The number of alkyl halides is 6. The van der Waals surface area contributed by atoms with E-state index < -0.39 is 40.6 Å². The maximum absolute atomic E-state index is 13.0. The molecule has 0 bridgehead atoms. The van der Waals surface area contributed by atoms with Crippen LogP contribution in [0.3, 0.4) is 0 Å². The summed E-state index contributed by atoms with van der Waals surface area (Å²) in [6.07, 6.45) is -7.53. The van der Waals surface area contributed by atoms with E-state index >= 15 is 0 Å². The van der Waals surface area contributed by atoms with Crippen LogP contribution < -0.4 is 0 Å². The van der Waals surface area contributed by atoms with Crippen molar-refractivity contribution in [2.45, 2.75) is 69.0 Å². The Morgan fingerprint density at radius 3 is 1.71 bits per heavy atom. The molecule has 3 nitrogen and oxygen atoms in total. The van der Waals surface area contributed by atoms with Crippen LogP contribution in [-0.4, -0.2) is 30.6 Å². The van der Waals surface area contributed by atoms with Crippen molar-refractivity contribution >= 4 is 10.1 Å². The molecule has 10 heteroatoms. The third kappa shape index (κ3) is 8.50. The Bertz CT molecular complexity index is 393. The van der Waals surface area contributed by atoms with E-state index in [-0.39, 0.29) is 19.3 Å². The fourth-order valence-corrected chi connectivity index (χ4v) is 2.11. The molecular weight excluding hydrogens is 326 g/mol. The average molecular weight is 343 g/mol. The second-order valence-corrected chi connectivity index (χ2v) is 6.21. The molecule has 0 heterocycles. The molecule has 128 valence electrons. The topological polar surface area (TPSA) is 57.2 Å². The summed E-state index contributed by atoms with van der Waals surface area (Å²) in [5.41, 5.74) is 0. The van der Waals surface area contributed by atoms with Gasteiger partial charge in [-0.2, -0.15) is 22.0 Å². The normalized spacial score (nSPS) is 15.2.